The second kappa shape index (κ2) is 6.22. The summed E-state index contributed by atoms with van der Waals surface area (Å²) in [5, 5.41) is 13.7. The summed E-state index contributed by atoms with van der Waals surface area (Å²) in [6.07, 6.45) is 5.48. The topological polar surface area (TPSA) is 87.9 Å². The number of nitrogens with one attached hydrogen (secondary N) is 1. The summed E-state index contributed by atoms with van der Waals surface area (Å²) in [6, 6.07) is 2.00. The number of ketones is 1. The number of rotatable bonds is 2. The molecular formula is C19H20N4O2Se. The number of hydrogen-bond acceptors (Lipinski definition) is 6. The molecule has 4 rings (SSSR count). The van der Waals surface area contributed by atoms with Crippen molar-refractivity contribution in [3.8, 4) is 6.07 Å². The Morgan fingerprint density at radius 1 is 1.31 bits per heavy atom. The van der Waals surface area contributed by atoms with Crippen LogP contribution in [0.25, 0.3) is 9.78 Å². The van der Waals surface area contributed by atoms with E-state index in [0.717, 1.165) is 22.6 Å². The molecule has 3 heterocycles. The summed E-state index contributed by atoms with van der Waals surface area (Å²) in [4.78, 5) is 21.4. The molecule has 0 saturated heterocycles. The van der Waals surface area contributed by atoms with Gasteiger partial charge < -0.3 is 0 Å². The number of nitriles is 1. The SMILES string of the molecule is CC(C)(C)C1OC(Nc2ncnc3[se]c4c(c23)CCCC4)=C(C#N)C1=O. The van der Waals surface area contributed by atoms with Gasteiger partial charge in [0.05, 0.1) is 0 Å². The van der Waals surface area contributed by atoms with E-state index in [9.17, 15) is 10.1 Å². The van der Waals surface area contributed by atoms with Crippen LogP contribution in [0.1, 0.15) is 43.6 Å². The first kappa shape index (κ1) is 17.3. The standard InChI is InChI=1S/C19H20N4O2Se/c1-19(2,3)15-14(24)11(8-20)17(25-15)23-16-13-10-6-4-5-7-12(10)26-18(13)22-9-21-16/h9,15H,4-7H2,1-3H3,(H,21,22,23). The van der Waals surface area contributed by atoms with E-state index in [4.69, 9.17) is 4.74 Å². The van der Waals surface area contributed by atoms with Crippen molar-refractivity contribution in [3.63, 3.8) is 0 Å². The van der Waals surface area contributed by atoms with Crippen molar-refractivity contribution < 1.29 is 9.53 Å². The van der Waals surface area contributed by atoms with Gasteiger partial charge in [-0.15, -0.1) is 0 Å². The second-order valence-corrected chi connectivity index (χ2v) is 10.1. The van der Waals surface area contributed by atoms with Gasteiger partial charge in [-0.2, -0.15) is 0 Å². The molecule has 26 heavy (non-hydrogen) atoms. The number of Topliss-reactive ketones (excluding diaryl/α,β-unsaturated/α-hetero) is 1. The van der Waals surface area contributed by atoms with Gasteiger partial charge in [-0.25, -0.2) is 0 Å². The first-order chi connectivity index (χ1) is 12.4. The molecule has 2 aromatic rings. The number of hydrogen-bond donors (Lipinski definition) is 1. The summed E-state index contributed by atoms with van der Waals surface area (Å²) in [6.45, 7) is 5.78. The van der Waals surface area contributed by atoms with Crippen LogP contribution in [-0.2, 0) is 22.4 Å². The fourth-order valence-corrected chi connectivity index (χ4v) is 6.11. The minimum atomic E-state index is -0.664. The second-order valence-electron chi connectivity index (χ2n) is 7.78. The fourth-order valence-electron chi connectivity index (χ4n) is 3.53. The van der Waals surface area contributed by atoms with Gasteiger partial charge in [0.15, 0.2) is 0 Å². The summed E-state index contributed by atoms with van der Waals surface area (Å²) in [7, 11) is 0. The zero-order valence-electron chi connectivity index (χ0n) is 15.0. The Balaban J connectivity index is 1.76. The summed E-state index contributed by atoms with van der Waals surface area (Å²) < 4.78 is 8.45. The van der Waals surface area contributed by atoms with Crippen molar-refractivity contribution in [3.05, 3.63) is 27.8 Å². The third-order valence-corrected chi connectivity index (χ3v) is 7.35. The van der Waals surface area contributed by atoms with Gasteiger partial charge in [-0.05, 0) is 0 Å². The van der Waals surface area contributed by atoms with Crippen LogP contribution in [0, 0.1) is 16.7 Å². The van der Waals surface area contributed by atoms with Crippen LogP contribution in [0.5, 0.6) is 0 Å². The molecule has 0 amide bonds. The van der Waals surface area contributed by atoms with E-state index in [2.05, 4.69) is 15.3 Å². The maximum atomic E-state index is 12.6. The molecule has 1 aliphatic heterocycles. The van der Waals surface area contributed by atoms with Crippen LogP contribution in [0.4, 0.5) is 5.82 Å². The number of aryl methyl sites for hydroxylation is 2. The number of ether oxygens (including phenoxy) is 1. The molecule has 1 atom stereocenters. The zero-order valence-corrected chi connectivity index (χ0v) is 16.8. The molecule has 1 unspecified atom stereocenters. The number of fused-ring (bicyclic) bond motifs is 3. The molecule has 0 aromatic carbocycles. The van der Waals surface area contributed by atoms with Gasteiger partial charge in [-0.1, -0.05) is 0 Å². The van der Waals surface area contributed by atoms with Gasteiger partial charge in [-0.3, -0.25) is 0 Å². The Kier molecular flexibility index (Phi) is 4.13. The molecule has 134 valence electrons. The minimum absolute atomic E-state index is 0.0404. The fraction of sp³-hybridized carbons (Fsp3) is 0.474. The Labute approximate surface area is 158 Å². The van der Waals surface area contributed by atoms with Crippen LogP contribution in [0.2, 0.25) is 0 Å². The van der Waals surface area contributed by atoms with Gasteiger partial charge in [0, 0.05) is 0 Å². The van der Waals surface area contributed by atoms with E-state index in [-0.39, 0.29) is 31.7 Å². The quantitative estimate of drug-likeness (QED) is 0.759. The van der Waals surface area contributed by atoms with Crippen molar-refractivity contribution in [2.24, 2.45) is 5.41 Å². The van der Waals surface area contributed by atoms with Crippen molar-refractivity contribution in [2.75, 3.05) is 5.32 Å². The van der Waals surface area contributed by atoms with E-state index >= 15 is 0 Å². The van der Waals surface area contributed by atoms with Crippen LogP contribution < -0.4 is 5.32 Å². The first-order valence-electron chi connectivity index (χ1n) is 8.77. The Bertz CT molecular complexity index is 978. The van der Waals surface area contributed by atoms with Crippen molar-refractivity contribution >= 4 is 35.9 Å². The molecule has 2 aromatic heterocycles. The molecule has 0 spiro atoms. The molecule has 2 aliphatic rings. The predicted octanol–water partition coefficient (Wildman–Crippen LogP) is 2.73. The first-order valence-corrected chi connectivity index (χ1v) is 10.5. The molecule has 1 aliphatic carbocycles. The average molecular weight is 415 g/mol. The average Bonchev–Trinajstić information content (AvgIpc) is 3.12. The predicted molar refractivity (Wildman–Crippen MR) is 98.7 cm³/mol. The number of nitrogens with zero attached hydrogens (tertiary/aromatic N) is 3. The van der Waals surface area contributed by atoms with E-state index in [1.54, 1.807) is 6.33 Å². The normalized spacial score (nSPS) is 20.1. The molecule has 0 saturated carbocycles. The van der Waals surface area contributed by atoms with Crippen molar-refractivity contribution in [2.45, 2.75) is 52.6 Å². The Morgan fingerprint density at radius 3 is 2.81 bits per heavy atom. The molecule has 1 N–H and O–H groups in total. The number of carbonyl (C=O) groups excluding carboxylic acids is 1. The monoisotopic (exact) mass is 416 g/mol. The number of carbonyl (C=O) groups is 1. The Hall–Kier alpha value is -2.16. The van der Waals surface area contributed by atoms with Crippen LogP contribution in [0.15, 0.2) is 17.8 Å². The molecule has 7 heteroatoms. The van der Waals surface area contributed by atoms with Crippen LogP contribution in [0.3, 0.4) is 0 Å². The van der Waals surface area contributed by atoms with Gasteiger partial charge in [0.25, 0.3) is 0 Å². The van der Waals surface area contributed by atoms with Crippen molar-refractivity contribution in [1.29, 1.82) is 5.26 Å². The van der Waals surface area contributed by atoms with E-state index in [1.807, 2.05) is 26.8 Å². The third kappa shape index (κ3) is 2.74. The molecule has 0 radical (unpaired) electrons. The van der Waals surface area contributed by atoms with Gasteiger partial charge in [0.1, 0.15) is 0 Å². The van der Waals surface area contributed by atoms with Crippen LogP contribution >= 0.6 is 0 Å². The Morgan fingerprint density at radius 2 is 2.08 bits per heavy atom. The number of aromatic nitrogens is 2. The molecular weight excluding hydrogens is 395 g/mol. The van der Waals surface area contributed by atoms with Crippen molar-refractivity contribution in [1.82, 2.24) is 9.97 Å². The summed E-state index contributed by atoms with van der Waals surface area (Å²) >= 11 is 0.247. The number of anilines is 1. The maximum absolute atomic E-state index is 12.6. The summed E-state index contributed by atoms with van der Waals surface area (Å²) in [5.41, 5.74) is 1.00. The van der Waals surface area contributed by atoms with Gasteiger partial charge >= 0.3 is 158 Å². The molecule has 0 bridgehead atoms. The summed E-state index contributed by atoms with van der Waals surface area (Å²) in [5.74, 6) is 0.597. The zero-order chi connectivity index (χ0) is 18.5. The molecule has 0 fully saturated rings. The van der Waals surface area contributed by atoms with E-state index in [1.165, 1.54) is 22.8 Å². The van der Waals surface area contributed by atoms with Gasteiger partial charge in [0.2, 0.25) is 0 Å². The third-order valence-electron chi connectivity index (χ3n) is 4.83. The van der Waals surface area contributed by atoms with E-state index < -0.39 is 11.5 Å². The molecule has 6 nitrogen and oxygen atoms in total. The van der Waals surface area contributed by atoms with Crippen LogP contribution in [-0.4, -0.2) is 36.4 Å². The van der Waals surface area contributed by atoms with E-state index in [0.29, 0.717) is 5.82 Å².